The van der Waals surface area contributed by atoms with Crippen LogP contribution in [-0.4, -0.2) is 37.0 Å². The Bertz CT molecular complexity index is 127. The van der Waals surface area contributed by atoms with E-state index in [2.05, 4.69) is 50.1 Å². The average molecular weight is 198 g/mol. The molecule has 84 valence electrons. The van der Waals surface area contributed by atoms with Crippen molar-refractivity contribution in [2.45, 2.75) is 39.5 Å². The Morgan fingerprint density at radius 1 is 0.786 bits per heavy atom. The molecular formula is C12H26N2. The van der Waals surface area contributed by atoms with E-state index in [0.717, 1.165) is 13.1 Å². The number of hydrogen-bond acceptors (Lipinski definition) is 2. The van der Waals surface area contributed by atoms with Crippen molar-refractivity contribution in [3.63, 3.8) is 0 Å². The van der Waals surface area contributed by atoms with Gasteiger partial charge >= 0.3 is 0 Å². The molecule has 0 aromatic carbocycles. The maximum Gasteiger partial charge on any atom is 0.0169 e. The van der Waals surface area contributed by atoms with E-state index in [4.69, 9.17) is 0 Å². The van der Waals surface area contributed by atoms with Crippen LogP contribution in [0.5, 0.6) is 0 Å². The second-order valence-electron chi connectivity index (χ2n) is 3.97. The van der Waals surface area contributed by atoms with Crippen LogP contribution in [0.2, 0.25) is 0 Å². The summed E-state index contributed by atoms with van der Waals surface area (Å²) in [4.78, 5) is 4.51. The van der Waals surface area contributed by atoms with Crippen LogP contribution >= 0.6 is 0 Å². The highest BCUT2D eigenvalue weighted by Gasteiger charge is 1.92. The van der Waals surface area contributed by atoms with Gasteiger partial charge in [-0.05, 0) is 12.8 Å². The fourth-order valence-corrected chi connectivity index (χ4v) is 1.19. The first-order valence-electron chi connectivity index (χ1n) is 5.79. The van der Waals surface area contributed by atoms with Crippen LogP contribution in [0.15, 0.2) is 12.4 Å². The third kappa shape index (κ3) is 7.96. The largest absolute Gasteiger partial charge is 0.379 e. The topological polar surface area (TPSA) is 6.48 Å². The van der Waals surface area contributed by atoms with Gasteiger partial charge in [0.05, 0.1) is 0 Å². The Hall–Kier alpha value is -0.660. The van der Waals surface area contributed by atoms with Gasteiger partial charge in [-0.3, -0.25) is 0 Å². The number of rotatable bonds is 8. The van der Waals surface area contributed by atoms with Gasteiger partial charge < -0.3 is 9.80 Å². The van der Waals surface area contributed by atoms with Crippen LogP contribution in [0.1, 0.15) is 39.5 Å². The summed E-state index contributed by atoms with van der Waals surface area (Å²) in [7, 11) is 4.28. The van der Waals surface area contributed by atoms with Gasteiger partial charge in [0.2, 0.25) is 0 Å². The molecule has 0 aromatic rings. The van der Waals surface area contributed by atoms with Crippen molar-refractivity contribution in [3.8, 4) is 0 Å². The van der Waals surface area contributed by atoms with Gasteiger partial charge in [0.1, 0.15) is 0 Å². The number of unbranched alkanes of at least 4 members (excludes halogenated alkanes) is 2. The molecule has 0 aliphatic rings. The van der Waals surface area contributed by atoms with Gasteiger partial charge in [0, 0.05) is 39.6 Å². The van der Waals surface area contributed by atoms with Crippen molar-refractivity contribution < 1.29 is 0 Å². The van der Waals surface area contributed by atoms with E-state index >= 15 is 0 Å². The number of nitrogens with zero attached hydrogens (tertiary/aromatic N) is 2. The fraction of sp³-hybridized carbons (Fsp3) is 0.833. The van der Waals surface area contributed by atoms with E-state index in [1.165, 1.54) is 25.7 Å². The molecule has 0 radical (unpaired) electrons. The lowest BCUT2D eigenvalue weighted by atomic mass is 10.3. The quantitative estimate of drug-likeness (QED) is 0.591. The standard InChI is InChI=1S/C12H26N2/c1-5-7-9-13(3)11-12-14(4)10-8-6-2/h11-12H,5-10H2,1-4H3/b12-11-. The minimum absolute atomic E-state index is 1.16. The fourth-order valence-electron chi connectivity index (χ4n) is 1.19. The van der Waals surface area contributed by atoms with Crippen molar-refractivity contribution in [3.05, 3.63) is 12.4 Å². The minimum atomic E-state index is 1.16. The molecule has 0 rings (SSSR count). The number of hydrogen-bond donors (Lipinski definition) is 0. The van der Waals surface area contributed by atoms with Crippen LogP contribution in [0.25, 0.3) is 0 Å². The van der Waals surface area contributed by atoms with Crippen molar-refractivity contribution >= 4 is 0 Å². The summed E-state index contributed by atoms with van der Waals surface area (Å²) >= 11 is 0. The second-order valence-corrected chi connectivity index (χ2v) is 3.97. The van der Waals surface area contributed by atoms with E-state index in [9.17, 15) is 0 Å². The molecule has 0 aliphatic heterocycles. The first-order valence-corrected chi connectivity index (χ1v) is 5.79. The maximum absolute atomic E-state index is 2.26. The van der Waals surface area contributed by atoms with Crippen LogP contribution in [0.3, 0.4) is 0 Å². The molecule has 0 atom stereocenters. The lowest BCUT2D eigenvalue weighted by molar-refractivity contribution is 0.403. The van der Waals surface area contributed by atoms with Gasteiger partial charge in [-0.1, -0.05) is 26.7 Å². The zero-order valence-electron chi connectivity index (χ0n) is 10.3. The molecule has 0 bridgehead atoms. The van der Waals surface area contributed by atoms with Crippen LogP contribution in [0.4, 0.5) is 0 Å². The van der Waals surface area contributed by atoms with E-state index < -0.39 is 0 Å². The molecule has 0 aliphatic carbocycles. The average Bonchev–Trinajstić information content (AvgIpc) is 2.20. The van der Waals surface area contributed by atoms with Crippen molar-refractivity contribution in [2.24, 2.45) is 0 Å². The highest BCUT2D eigenvalue weighted by Crippen LogP contribution is 1.95. The Morgan fingerprint density at radius 2 is 1.14 bits per heavy atom. The summed E-state index contributed by atoms with van der Waals surface area (Å²) in [6.45, 7) is 6.78. The molecule has 0 spiro atoms. The van der Waals surface area contributed by atoms with E-state index in [0.29, 0.717) is 0 Å². The molecule has 0 unspecified atom stereocenters. The van der Waals surface area contributed by atoms with Crippen molar-refractivity contribution in [1.82, 2.24) is 9.80 Å². The lowest BCUT2D eigenvalue weighted by Crippen LogP contribution is -2.16. The first kappa shape index (κ1) is 13.3. The molecule has 0 saturated heterocycles. The van der Waals surface area contributed by atoms with Gasteiger partial charge in [-0.25, -0.2) is 0 Å². The second kappa shape index (κ2) is 8.92. The SMILES string of the molecule is CCCCN(C)/C=C\N(C)CCCC. The molecule has 0 heterocycles. The first-order chi connectivity index (χ1) is 6.70. The molecule has 2 heteroatoms. The predicted molar refractivity (Wildman–Crippen MR) is 64.2 cm³/mol. The third-order valence-electron chi connectivity index (χ3n) is 2.30. The maximum atomic E-state index is 2.26. The normalized spacial score (nSPS) is 10.9. The summed E-state index contributed by atoms with van der Waals surface area (Å²) in [5.74, 6) is 0. The zero-order chi connectivity index (χ0) is 10.8. The summed E-state index contributed by atoms with van der Waals surface area (Å²) < 4.78 is 0. The van der Waals surface area contributed by atoms with Gasteiger partial charge in [0.25, 0.3) is 0 Å². The van der Waals surface area contributed by atoms with E-state index in [1.54, 1.807) is 0 Å². The van der Waals surface area contributed by atoms with E-state index in [-0.39, 0.29) is 0 Å². The monoisotopic (exact) mass is 198 g/mol. The summed E-state index contributed by atoms with van der Waals surface area (Å²) in [5.41, 5.74) is 0. The van der Waals surface area contributed by atoms with Crippen molar-refractivity contribution in [1.29, 1.82) is 0 Å². The smallest absolute Gasteiger partial charge is 0.0169 e. The third-order valence-corrected chi connectivity index (χ3v) is 2.30. The molecule has 0 amide bonds. The lowest BCUT2D eigenvalue weighted by Gasteiger charge is -2.17. The molecule has 0 fully saturated rings. The van der Waals surface area contributed by atoms with Crippen LogP contribution in [0, 0.1) is 0 Å². The zero-order valence-corrected chi connectivity index (χ0v) is 10.3. The Labute approximate surface area is 89.6 Å². The van der Waals surface area contributed by atoms with Crippen LogP contribution in [-0.2, 0) is 0 Å². The minimum Gasteiger partial charge on any atom is -0.379 e. The summed E-state index contributed by atoms with van der Waals surface area (Å²) in [6, 6.07) is 0. The van der Waals surface area contributed by atoms with E-state index in [1.807, 2.05) is 0 Å². The van der Waals surface area contributed by atoms with Gasteiger partial charge in [-0.2, -0.15) is 0 Å². The van der Waals surface area contributed by atoms with Crippen LogP contribution < -0.4 is 0 Å². The molecular weight excluding hydrogens is 172 g/mol. The van der Waals surface area contributed by atoms with Gasteiger partial charge in [-0.15, -0.1) is 0 Å². The Morgan fingerprint density at radius 3 is 1.43 bits per heavy atom. The Kier molecular flexibility index (Phi) is 8.50. The summed E-state index contributed by atoms with van der Waals surface area (Å²) in [5, 5.41) is 0. The molecule has 0 N–H and O–H groups in total. The predicted octanol–water partition coefficient (Wildman–Crippen LogP) is 2.92. The highest BCUT2D eigenvalue weighted by molar-refractivity contribution is 4.79. The summed E-state index contributed by atoms with van der Waals surface area (Å²) in [6.07, 6.45) is 9.43. The molecule has 0 aromatic heterocycles. The molecule has 2 nitrogen and oxygen atoms in total. The Balaban J connectivity index is 3.56. The van der Waals surface area contributed by atoms with Gasteiger partial charge in [0.15, 0.2) is 0 Å². The molecule has 14 heavy (non-hydrogen) atoms. The highest BCUT2D eigenvalue weighted by atomic mass is 15.1. The van der Waals surface area contributed by atoms with Crippen molar-refractivity contribution in [2.75, 3.05) is 27.2 Å². The molecule has 0 saturated carbocycles.